The van der Waals surface area contributed by atoms with Crippen molar-refractivity contribution >= 4 is 41.9 Å². The van der Waals surface area contributed by atoms with E-state index < -0.39 is 0 Å². The first-order chi connectivity index (χ1) is 18.5. The van der Waals surface area contributed by atoms with Gasteiger partial charge >= 0.3 is 0 Å². The van der Waals surface area contributed by atoms with Crippen molar-refractivity contribution in [2.45, 2.75) is 19.4 Å². The van der Waals surface area contributed by atoms with Crippen LogP contribution in [0.1, 0.15) is 34.5 Å². The number of nitrogens with zero attached hydrogens (tertiary/aromatic N) is 6. The van der Waals surface area contributed by atoms with Gasteiger partial charge in [-0.05, 0) is 23.8 Å². The largest absolute Gasteiger partial charge is 0.451 e. The summed E-state index contributed by atoms with van der Waals surface area (Å²) in [5.74, 6) is 1.53. The summed E-state index contributed by atoms with van der Waals surface area (Å²) < 4.78 is 5.04. The maximum absolute atomic E-state index is 12.3. The van der Waals surface area contributed by atoms with Crippen molar-refractivity contribution < 1.29 is 9.21 Å². The maximum Gasteiger partial charge on any atom is 0.251 e. The van der Waals surface area contributed by atoms with E-state index in [1.54, 1.807) is 38.1 Å². The number of nitrogens with one attached hydrogen (secondary N) is 2. The molecule has 1 aromatic carbocycles. The van der Waals surface area contributed by atoms with E-state index in [1.165, 1.54) is 6.39 Å². The Hall–Kier alpha value is -4.51. The number of para-hydroxylation sites is 1. The average Bonchev–Trinajstić information content (AvgIpc) is 3.48. The fourth-order valence-corrected chi connectivity index (χ4v) is 4.31. The molecule has 0 bridgehead atoms. The molecule has 5 aromatic rings. The van der Waals surface area contributed by atoms with Crippen LogP contribution < -0.4 is 15.5 Å². The molecule has 4 aromatic heterocycles. The zero-order valence-electron chi connectivity index (χ0n) is 21.9. The molecule has 39 heavy (non-hydrogen) atoms. The van der Waals surface area contributed by atoms with Gasteiger partial charge in [-0.3, -0.25) is 9.78 Å². The molecule has 0 spiro atoms. The van der Waals surface area contributed by atoms with Gasteiger partial charge in [0.1, 0.15) is 24.2 Å². The number of benzene rings is 1. The molecule has 0 unspecified atom stereocenters. The minimum absolute atomic E-state index is 0. The summed E-state index contributed by atoms with van der Waals surface area (Å²) in [7, 11) is 3.58. The van der Waals surface area contributed by atoms with E-state index in [0.717, 1.165) is 39.2 Å². The summed E-state index contributed by atoms with van der Waals surface area (Å²) in [4.78, 5) is 36.4. The monoisotopic (exact) mass is 542 g/mol. The number of anilines is 2. The number of rotatable bonds is 9. The molecule has 0 aliphatic rings. The number of aromatic nitrogens is 5. The molecule has 200 valence electrons. The highest BCUT2D eigenvalue weighted by Gasteiger charge is 2.15. The lowest BCUT2D eigenvalue weighted by Gasteiger charge is -2.17. The Kier molecular flexibility index (Phi) is 8.72. The second-order valence-corrected chi connectivity index (χ2v) is 8.99. The van der Waals surface area contributed by atoms with Crippen LogP contribution in [0.3, 0.4) is 0 Å². The van der Waals surface area contributed by atoms with Crippen LogP contribution >= 0.6 is 13.5 Å². The molecular formula is C28H30N8O2S. The van der Waals surface area contributed by atoms with E-state index in [2.05, 4.69) is 42.5 Å². The van der Waals surface area contributed by atoms with E-state index in [0.29, 0.717) is 24.5 Å². The van der Waals surface area contributed by atoms with Crippen molar-refractivity contribution in [1.29, 1.82) is 0 Å². The molecule has 5 rings (SSSR count). The number of hydrogen-bond donors (Lipinski definition) is 2. The first-order valence-corrected chi connectivity index (χ1v) is 12.2. The van der Waals surface area contributed by atoms with Gasteiger partial charge in [0, 0.05) is 56.0 Å². The molecule has 2 N–H and O–H groups in total. The van der Waals surface area contributed by atoms with Gasteiger partial charge in [-0.25, -0.2) is 19.9 Å². The van der Waals surface area contributed by atoms with Crippen molar-refractivity contribution in [3.05, 3.63) is 90.7 Å². The van der Waals surface area contributed by atoms with Crippen molar-refractivity contribution in [2.75, 3.05) is 30.9 Å². The zero-order valence-corrected chi connectivity index (χ0v) is 22.9. The number of carbonyl (C=O) groups excluding carboxylic acids is 1. The van der Waals surface area contributed by atoms with Gasteiger partial charge in [0.2, 0.25) is 0 Å². The van der Waals surface area contributed by atoms with Gasteiger partial charge in [0.05, 0.1) is 29.0 Å². The molecule has 11 heteroatoms. The van der Waals surface area contributed by atoms with Crippen molar-refractivity contribution in [1.82, 2.24) is 30.2 Å². The summed E-state index contributed by atoms with van der Waals surface area (Å²) in [6.45, 7) is 3.35. The highest BCUT2D eigenvalue weighted by Crippen LogP contribution is 2.27. The van der Waals surface area contributed by atoms with Crippen molar-refractivity contribution in [3.8, 4) is 11.3 Å². The second-order valence-electron chi connectivity index (χ2n) is 8.99. The Morgan fingerprint density at radius 3 is 2.69 bits per heavy atom. The fraction of sp³-hybridized carbons (Fsp3) is 0.214. The number of pyridine rings is 2. The summed E-state index contributed by atoms with van der Waals surface area (Å²) in [5.41, 5.74) is 5.00. The van der Waals surface area contributed by atoms with Crippen molar-refractivity contribution in [2.24, 2.45) is 0 Å². The van der Waals surface area contributed by atoms with Crippen LogP contribution in [0, 0.1) is 0 Å². The van der Waals surface area contributed by atoms with Crippen LogP contribution in [0.4, 0.5) is 11.6 Å². The Labute approximate surface area is 233 Å². The van der Waals surface area contributed by atoms with Gasteiger partial charge in [-0.1, -0.05) is 25.1 Å². The van der Waals surface area contributed by atoms with Crippen molar-refractivity contribution in [3.63, 3.8) is 0 Å². The van der Waals surface area contributed by atoms with Crippen LogP contribution in [0.25, 0.3) is 22.2 Å². The average molecular weight is 543 g/mol. The van der Waals surface area contributed by atoms with E-state index in [-0.39, 0.29) is 25.3 Å². The minimum atomic E-state index is -0.127. The number of hydrogen-bond acceptors (Lipinski definition) is 9. The lowest BCUT2D eigenvalue weighted by Crippen LogP contribution is -2.18. The number of carbonyl (C=O) groups is 1. The van der Waals surface area contributed by atoms with Crippen LogP contribution in [0.15, 0.2) is 78.3 Å². The number of amides is 1. The second kappa shape index (κ2) is 12.4. The lowest BCUT2D eigenvalue weighted by molar-refractivity contribution is 0.0964. The maximum atomic E-state index is 12.3. The van der Waals surface area contributed by atoms with E-state index in [1.807, 2.05) is 48.3 Å². The Bertz CT molecular complexity index is 1540. The quantitative estimate of drug-likeness (QED) is 0.279. The van der Waals surface area contributed by atoms with E-state index in [4.69, 9.17) is 4.42 Å². The smallest absolute Gasteiger partial charge is 0.251 e. The third-order valence-electron chi connectivity index (χ3n) is 6.38. The minimum Gasteiger partial charge on any atom is -0.451 e. The van der Waals surface area contributed by atoms with Crippen LogP contribution in [0.5, 0.6) is 0 Å². The molecule has 4 heterocycles. The van der Waals surface area contributed by atoms with Crippen LogP contribution in [0.2, 0.25) is 0 Å². The van der Waals surface area contributed by atoms with Gasteiger partial charge in [0.15, 0.2) is 6.39 Å². The third kappa shape index (κ3) is 6.15. The molecule has 0 aliphatic carbocycles. The Balaban J connectivity index is 0.00000353. The fourth-order valence-electron chi connectivity index (χ4n) is 4.31. The zero-order chi connectivity index (χ0) is 26.5. The van der Waals surface area contributed by atoms with Gasteiger partial charge in [0.25, 0.3) is 5.91 Å². The molecule has 1 atom stereocenters. The normalized spacial score (nSPS) is 11.5. The first-order valence-electron chi connectivity index (χ1n) is 12.2. The topological polar surface area (TPSA) is 122 Å². The standard InChI is InChI=1S/C28H28N8O2.H2S/c1-18(21-5-4-6-22-23(28(37)29-2)9-10-30-27(21)22)12-31-25-11-24(33-16-34-25)19-7-8-26(32-13-19)36(3)14-20-15-38-17-35-20;/h4-11,13,15-18H,12,14H2,1-3H3,(H,29,37)(H,31,33,34);1H2/t18-;/m1./s1. The predicted octanol–water partition coefficient (Wildman–Crippen LogP) is 4.40. The number of fused-ring (bicyclic) bond motifs is 1. The molecule has 0 saturated carbocycles. The van der Waals surface area contributed by atoms with Gasteiger partial charge in [-0.2, -0.15) is 13.5 Å². The van der Waals surface area contributed by atoms with E-state index >= 15 is 0 Å². The molecule has 0 aliphatic heterocycles. The summed E-state index contributed by atoms with van der Waals surface area (Å²) in [5, 5.41) is 6.95. The Morgan fingerprint density at radius 2 is 1.95 bits per heavy atom. The summed E-state index contributed by atoms with van der Waals surface area (Å²) in [6, 6.07) is 13.5. The van der Waals surface area contributed by atoms with E-state index in [9.17, 15) is 4.79 Å². The highest BCUT2D eigenvalue weighted by atomic mass is 32.1. The Morgan fingerprint density at radius 1 is 1.08 bits per heavy atom. The molecule has 0 radical (unpaired) electrons. The first kappa shape index (κ1) is 27.5. The molecule has 1 amide bonds. The number of oxazole rings is 1. The molecule has 10 nitrogen and oxygen atoms in total. The summed E-state index contributed by atoms with van der Waals surface area (Å²) >= 11 is 0. The summed E-state index contributed by atoms with van der Waals surface area (Å²) in [6.07, 6.45) is 8.07. The highest BCUT2D eigenvalue weighted by molar-refractivity contribution is 7.59. The third-order valence-corrected chi connectivity index (χ3v) is 6.38. The lowest BCUT2D eigenvalue weighted by atomic mass is 9.96. The molecule has 0 fully saturated rings. The molecular weight excluding hydrogens is 512 g/mol. The molecule has 0 saturated heterocycles. The SMILES string of the molecule is CNC(=O)c1ccnc2c([C@H](C)CNc3cc(-c4ccc(N(C)Cc5cocn5)nc4)ncn3)cccc12.S. The van der Waals surface area contributed by atoms with Crippen LogP contribution in [-0.4, -0.2) is 51.5 Å². The predicted molar refractivity (Wildman–Crippen MR) is 156 cm³/mol. The van der Waals surface area contributed by atoms with Gasteiger partial charge in [-0.15, -0.1) is 0 Å². The van der Waals surface area contributed by atoms with Gasteiger partial charge < -0.3 is 20.0 Å². The van der Waals surface area contributed by atoms with Crippen LogP contribution in [-0.2, 0) is 6.54 Å².